The Morgan fingerprint density at radius 2 is 2.07 bits per heavy atom. The molecule has 0 aliphatic rings. The Bertz CT molecular complexity index is 368. The largest absolute Gasteiger partial charge is 0.504 e. The minimum atomic E-state index is -0.284. The number of amides is 1. The first-order valence-corrected chi connectivity index (χ1v) is 5.52. The van der Waals surface area contributed by atoms with Crippen LogP contribution in [0.3, 0.4) is 0 Å². The quantitative estimate of drug-likeness (QED) is 0.649. The third-order valence-corrected chi connectivity index (χ3v) is 2.34. The van der Waals surface area contributed by atoms with Gasteiger partial charge in [-0.15, -0.1) is 0 Å². The van der Waals surface area contributed by atoms with Crippen LogP contribution >= 0.6 is 15.9 Å². The summed E-state index contributed by atoms with van der Waals surface area (Å²) in [6.45, 7) is 0.584. The molecule has 1 rings (SSSR count). The SMILES string of the molecule is CN(CCBr)C(=O)c1ccc(O)c(O)c1. The molecule has 0 atom stereocenters. The van der Waals surface area contributed by atoms with Crippen LogP contribution in [0.5, 0.6) is 11.5 Å². The first kappa shape index (κ1) is 11.8. The molecule has 4 nitrogen and oxygen atoms in total. The molecule has 15 heavy (non-hydrogen) atoms. The molecule has 82 valence electrons. The summed E-state index contributed by atoms with van der Waals surface area (Å²) in [7, 11) is 1.67. The Labute approximate surface area is 96.3 Å². The Kier molecular flexibility index (Phi) is 3.96. The molecule has 0 aliphatic heterocycles. The Morgan fingerprint density at radius 1 is 1.40 bits per heavy atom. The van der Waals surface area contributed by atoms with Gasteiger partial charge in [0, 0.05) is 24.5 Å². The lowest BCUT2D eigenvalue weighted by atomic mass is 10.2. The molecule has 1 amide bonds. The van der Waals surface area contributed by atoms with Gasteiger partial charge < -0.3 is 15.1 Å². The number of phenolic OH excluding ortho intramolecular Hbond substituents is 2. The summed E-state index contributed by atoms with van der Waals surface area (Å²) in [5, 5.41) is 19.0. The van der Waals surface area contributed by atoms with Crippen LogP contribution in [-0.2, 0) is 0 Å². The maximum Gasteiger partial charge on any atom is 0.253 e. The van der Waals surface area contributed by atoms with E-state index < -0.39 is 0 Å². The fraction of sp³-hybridized carbons (Fsp3) is 0.300. The molecule has 0 fully saturated rings. The van der Waals surface area contributed by atoms with Gasteiger partial charge in [0.05, 0.1) is 0 Å². The molecular weight excluding hydrogens is 262 g/mol. The van der Waals surface area contributed by atoms with Crippen LogP contribution in [0.25, 0.3) is 0 Å². The number of hydrogen-bond acceptors (Lipinski definition) is 3. The highest BCUT2D eigenvalue weighted by atomic mass is 79.9. The predicted octanol–water partition coefficient (Wildman–Crippen LogP) is 1.56. The van der Waals surface area contributed by atoms with E-state index in [1.165, 1.54) is 23.1 Å². The van der Waals surface area contributed by atoms with Gasteiger partial charge in [-0.2, -0.15) is 0 Å². The van der Waals surface area contributed by atoms with Crippen LogP contribution in [0.15, 0.2) is 18.2 Å². The first-order valence-electron chi connectivity index (χ1n) is 4.39. The highest BCUT2D eigenvalue weighted by Crippen LogP contribution is 2.25. The van der Waals surface area contributed by atoms with Crippen molar-refractivity contribution in [3.05, 3.63) is 23.8 Å². The number of hydrogen-bond donors (Lipinski definition) is 2. The molecule has 0 bridgehead atoms. The molecule has 1 aromatic rings. The van der Waals surface area contributed by atoms with Crippen molar-refractivity contribution in [3.8, 4) is 11.5 Å². The zero-order valence-corrected chi connectivity index (χ0v) is 9.86. The normalized spacial score (nSPS) is 10.0. The molecule has 1 aromatic carbocycles. The zero-order chi connectivity index (χ0) is 11.4. The first-order chi connectivity index (χ1) is 7.06. The average molecular weight is 274 g/mol. The van der Waals surface area contributed by atoms with Crippen LogP contribution in [0.4, 0.5) is 0 Å². The van der Waals surface area contributed by atoms with Gasteiger partial charge in [-0.3, -0.25) is 4.79 Å². The van der Waals surface area contributed by atoms with Gasteiger partial charge >= 0.3 is 0 Å². The monoisotopic (exact) mass is 273 g/mol. The van der Waals surface area contributed by atoms with Gasteiger partial charge in [-0.25, -0.2) is 0 Å². The van der Waals surface area contributed by atoms with Crippen molar-refractivity contribution in [2.45, 2.75) is 0 Å². The fourth-order valence-corrected chi connectivity index (χ4v) is 1.64. The van der Waals surface area contributed by atoms with Crippen LogP contribution < -0.4 is 0 Å². The zero-order valence-electron chi connectivity index (χ0n) is 8.27. The highest BCUT2D eigenvalue weighted by Gasteiger charge is 2.12. The number of alkyl halides is 1. The molecule has 0 saturated heterocycles. The molecule has 0 aliphatic carbocycles. The van der Waals surface area contributed by atoms with E-state index in [9.17, 15) is 9.90 Å². The second-order valence-corrected chi connectivity index (χ2v) is 3.91. The van der Waals surface area contributed by atoms with Crippen molar-refractivity contribution in [1.29, 1.82) is 0 Å². The summed E-state index contributed by atoms with van der Waals surface area (Å²) >= 11 is 3.23. The molecule has 0 aromatic heterocycles. The lowest BCUT2D eigenvalue weighted by Gasteiger charge is -2.15. The van der Waals surface area contributed by atoms with Gasteiger partial charge in [-0.05, 0) is 18.2 Å². The van der Waals surface area contributed by atoms with Crippen LogP contribution in [0, 0.1) is 0 Å². The number of benzene rings is 1. The van der Waals surface area contributed by atoms with Crippen LogP contribution in [0.2, 0.25) is 0 Å². The second-order valence-electron chi connectivity index (χ2n) is 3.12. The van der Waals surface area contributed by atoms with Crippen molar-refractivity contribution in [2.24, 2.45) is 0 Å². The Morgan fingerprint density at radius 3 is 2.60 bits per heavy atom. The highest BCUT2D eigenvalue weighted by molar-refractivity contribution is 9.09. The number of aromatic hydroxyl groups is 2. The Balaban J connectivity index is 2.87. The van der Waals surface area contributed by atoms with Crippen molar-refractivity contribution in [3.63, 3.8) is 0 Å². The number of carbonyl (C=O) groups is 1. The van der Waals surface area contributed by atoms with E-state index in [1.807, 2.05) is 0 Å². The molecule has 5 heteroatoms. The smallest absolute Gasteiger partial charge is 0.253 e. The second kappa shape index (κ2) is 5.02. The Hall–Kier alpha value is -1.23. The number of rotatable bonds is 3. The predicted molar refractivity (Wildman–Crippen MR) is 60.5 cm³/mol. The molecule has 0 radical (unpaired) electrons. The topological polar surface area (TPSA) is 60.8 Å². The van der Waals surface area contributed by atoms with Gasteiger partial charge in [-0.1, -0.05) is 15.9 Å². The molecule has 0 spiro atoms. The number of nitrogens with zero attached hydrogens (tertiary/aromatic N) is 1. The summed E-state index contributed by atoms with van der Waals surface area (Å²) in [5.74, 6) is -0.701. The van der Waals surface area contributed by atoms with Crippen LogP contribution in [0.1, 0.15) is 10.4 Å². The third kappa shape index (κ3) is 2.86. The molecule has 0 heterocycles. The van der Waals surface area contributed by atoms with Crippen molar-refractivity contribution in [2.75, 3.05) is 18.9 Å². The minimum Gasteiger partial charge on any atom is -0.504 e. The summed E-state index contributed by atoms with van der Waals surface area (Å²) < 4.78 is 0. The van der Waals surface area contributed by atoms with Gasteiger partial charge in [0.2, 0.25) is 0 Å². The summed E-state index contributed by atoms with van der Waals surface area (Å²) in [5.41, 5.74) is 0.355. The third-order valence-electron chi connectivity index (χ3n) is 1.99. The maximum atomic E-state index is 11.7. The number of carbonyl (C=O) groups excluding carboxylic acids is 1. The van der Waals surface area contributed by atoms with E-state index in [0.717, 1.165) is 0 Å². The standard InChI is InChI=1S/C10H12BrNO3/c1-12(5-4-11)10(15)7-2-3-8(13)9(14)6-7/h2-3,6,13-14H,4-5H2,1H3. The van der Waals surface area contributed by atoms with E-state index in [-0.39, 0.29) is 17.4 Å². The van der Waals surface area contributed by atoms with E-state index in [0.29, 0.717) is 17.4 Å². The van der Waals surface area contributed by atoms with Gasteiger partial charge in [0.15, 0.2) is 11.5 Å². The molecule has 2 N–H and O–H groups in total. The maximum absolute atomic E-state index is 11.7. The lowest BCUT2D eigenvalue weighted by Crippen LogP contribution is -2.28. The van der Waals surface area contributed by atoms with Crippen LogP contribution in [-0.4, -0.2) is 39.9 Å². The average Bonchev–Trinajstić information content (AvgIpc) is 2.21. The molecule has 0 saturated carbocycles. The summed E-state index contributed by atoms with van der Waals surface area (Å²) in [6.07, 6.45) is 0. The van der Waals surface area contributed by atoms with E-state index in [4.69, 9.17) is 5.11 Å². The van der Waals surface area contributed by atoms with Crippen molar-refractivity contribution >= 4 is 21.8 Å². The van der Waals surface area contributed by atoms with Gasteiger partial charge in [0.25, 0.3) is 5.91 Å². The molecular formula is C10H12BrNO3. The summed E-state index contributed by atoms with van der Waals surface area (Å²) in [6, 6.07) is 4.02. The van der Waals surface area contributed by atoms with Gasteiger partial charge in [0.1, 0.15) is 0 Å². The fourth-order valence-electron chi connectivity index (χ4n) is 1.11. The minimum absolute atomic E-state index is 0.190. The van der Waals surface area contributed by atoms with Crippen molar-refractivity contribution < 1.29 is 15.0 Å². The van der Waals surface area contributed by atoms with E-state index in [2.05, 4.69) is 15.9 Å². The molecule has 0 unspecified atom stereocenters. The number of halogens is 1. The number of phenols is 2. The van der Waals surface area contributed by atoms with E-state index in [1.54, 1.807) is 7.05 Å². The van der Waals surface area contributed by atoms with E-state index >= 15 is 0 Å². The van der Waals surface area contributed by atoms with Crippen molar-refractivity contribution in [1.82, 2.24) is 4.90 Å². The lowest BCUT2D eigenvalue weighted by molar-refractivity contribution is 0.0803. The summed E-state index contributed by atoms with van der Waals surface area (Å²) in [4.78, 5) is 13.2.